The number of nitrogens with two attached hydrogens (primary N) is 1. The lowest BCUT2D eigenvalue weighted by atomic mass is 9.79. The van der Waals surface area contributed by atoms with Crippen molar-refractivity contribution in [2.45, 2.75) is 59.8 Å². The Morgan fingerprint density at radius 3 is 2.07 bits per heavy atom. The van der Waals surface area contributed by atoms with Crippen LogP contribution >= 0.6 is 12.4 Å². The SMILES string of the molecule is CCC(CC)(CN)C(=O)N1CCC(C(=O)c2ccc(CC(C)C)cc2)CC1.Cl. The van der Waals surface area contributed by atoms with E-state index in [1.807, 2.05) is 30.9 Å². The molecule has 1 amide bonds. The van der Waals surface area contributed by atoms with E-state index in [2.05, 4.69) is 26.0 Å². The molecular weight excluding hydrogens is 372 g/mol. The molecule has 1 aromatic carbocycles. The molecule has 0 aliphatic carbocycles. The van der Waals surface area contributed by atoms with Crippen LogP contribution in [0.3, 0.4) is 0 Å². The lowest BCUT2D eigenvalue weighted by Crippen LogP contribution is -2.50. The number of carbonyl (C=O) groups is 2. The van der Waals surface area contributed by atoms with Gasteiger partial charge in [0.2, 0.25) is 5.91 Å². The minimum absolute atomic E-state index is 0. The van der Waals surface area contributed by atoms with Gasteiger partial charge >= 0.3 is 0 Å². The molecular formula is C23H37ClN2O2. The van der Waals surface area contributed by atoms with Crippen LogP contribution < -0.4 is 5.73 Å². The van der Waals surface area contributed by atoms with Crippen molar-refractivity contribution >= 4 is 24.1 Å². The summed E-state index contributed by atoms with van der Waals surface area (Å²) in [4.78, 5) is 27.7. The van der Waals surface area contributed by atoms with Crippen LogP contribution in [0.2, 0.25) is 0 Å². The average molecular weight is 409 g/mol. The topological polar surface area (TPSA) is 63.4 Å². The highest BCUT2D eigenvalue weighted by Gasteiger charge is 2.38. The van der Waals surface area contributed by atoms with Crippen LogP contribution in [0.5, 0.6) is 0 Å². The number of hydrogen-bond donors (Lipinski definition) is 1. The fraction of sp³-hybridized carbons (Fsp3) is 0.652. The fourth-order valence-electron chi connectivity index (χ4n) is 4.12. The number of Topliss-reactive ketones (excluding diaryl/α,β-unsaturated/α-hetero) is 1. The molecule has 0 saturated carbocycles. The quantitative estimate of drug-likeness (QED) is 0.644. The molecule has 4 nitrogen and oxygen atoms in total. The molecule has 0 radical (unpaired) electrons. The molecule has 0 bridgehead atoms. The van der Waals surface area contributed by atoms with E-state index in [0.29, 0.717) is 25.6 Å². The number of piperidine rings is 1. The number of likely N-dealkylation sites (tertiary alicyclic amines) is 1. The van der Waals surface area contributed by atoms with Gasteiger partial charge in [-0.05, 0) is 43.6 Å². The summed E-state index contributed by atoms with van der Waals surface area (Å²) in [6.07, 6.45) is 4.05. The van der Waals surface area contributed by atoms with Gasteiger partial charge in [0, 0.05) is 31.1 Å². The summed E-state index contributed by atoms with van der Waals surface area (Å²) in [5, 5.41) is 0. The van der Waals surface area contributed by atoms with E-state index >= 15 is 0 Å². The number of carbonyl (C=O) groups excluding carboxylic acids is 2. The number of amides is 1. The van der Waals surface area contributed by atoms with E-state index < -0.39 is 5.41 Å². The summed E-state index contributed by atoms with van der Waals surface area (Å²) < 4.78 is 0. The maximum atomic E-state index is 12.9. The van der Waals surface area contributed by atoms with E-state index in [0.717, 1.165) is 37.7 Å². The van der Waals surface area contributed by atoms with Crippen LogP contribution in [0, 0.1) is 17.3 Å². The van der Waals surface area contributed by atoms with Crippen molar-refractivity contribution in [3.8, 4) is 0 Å². The van der Waals surface area contributed by atoms with Gasteiger partial charge in [0.05, 0.1) is 5.41 Å². The second-order valence-corrected chi connectivity index (χ2v) is 8.42. The highest BCUT2D eigenvalue weighted by atomic mass is 35.5. The zero-order valence-corrected chi connectivity index (χ0v) is 18.7. The Morgan fingerprint density at radius 2 is 1.64 bits per heavy atom. The highest BCUT2D eigenvalue weighted by molar-refractivity contribution is 5.98. The molecule has 0 unspecified atom stereocenters. The second-order valence-electron chi connectivity index (χ2n) is 8.42. The molecule has 5 heteroatoms. The third kappa shape index (κ3) is 5.57. The van der Waals surface area contributed by atoms with Crippen molar-refractivity contribution in [1.29, 1.82) is 0 Å². The van der Waals surface area contributed by atoms with Crippen LogP contribution in [0.25, 0.3) is 0 Å². The summed E-state index contributed by atoms with van der Waals surface area (Å²) in [7, 11) is 0. The number of ketones is 1. The Bertz CT molecular complexity index is 622. The molecule has 1 aromatic rings. The second kappa shape index (κ2) is 11.0. The molecule has 1 aliphatic heterocycles. The van der Waals surface area contributed by atoms with E-state index in [1.165, 1.54) is 5.56 Å². The van der Waals surface area contributed by atoms with Gasteiger partial charge in [-0.2, -0.15) is 0 Å². The fourth-order valence-corrected chi connectivity index (χ4v) is 4.12. The van der Waals surface area contributed by atoms with Crippen LogP contribution in [-0.4, -0.2) is 36.2 Å². The minimum Gasteiger partial charge on any atom is -0.342 e. The van der Waals surface area contributed by atoms with Gasteiger partial charge < -0.3 is 10.6 Å². The highest BCUT2D eigenvalue weighted by Crippen LogP contribution is 2.31. The number of benzene rings is 1. The molecule has 1 saturated heterocycles. The maximum absolute atomic E-state index is 12.9. The van der Waals surface area contributed by atoms with E-state index in [-0.39, 0.29) is 30.0 Å². The normalized spacial score (nSPS) is 15.4. The standard InChI is InChI=1S/C23H36N2O2.ClH/c1-5-23(6-2,16-24)22(27)25-13-11-20(12-14-25)21(26)19-9-7-18(8-10-19)15-17(3)4;/h7-10,17,20H,5-6,11-16,24H2,1-4H3;1H. The van der Waals surface area contributed by atoms with E-state index in [9.17, 15) is 9.59 Å². The minimum atomic E-state index is -0.441. The number of rotatable bonds is 8. The summed E-state index contributed by atoms with van der Waals surface area (Å²) >= 11 is 0. The van der Waals surface area contributed by atoms with Gasteiger partial charge in [-0.25, -0.2) is 0 Å². The third-order valence-corrected chi connectivity index (χ3v) is 6.23. The monoisotopic (exact) mass is 408 g/mol. The number of nitrogens with zero attached hydrogens (tertiary/aromatic N) is 1. The van der Waals surface area contributed by atoms with Crippen molar-refractivity contribution < 1.29 is 9.59 Å². The number of halogens is 1. The molecule has 28 heavy (non-hydrogen) atoms. The number of hydrogen-bond acceptors (Lipinski definition) is 3. The van der Waals surface area contributed by atoms with Crippen molar-refractivity contribution in [3.05, 3.63) is 35.4 Å². The van der Waals surface area contributed by atoms with E-state index in [4.69, 9.17) is 5.73 Å². The van der Waals surface area contributed by atoms with E-state index in [1.54, 1.807) is 0 Å². The van der Waals surface area contributed by atoms with Gasteiger partial charge in [0.25, 0.3) is 0 Å². The molecule has 0 aromatic heterocycles. The lowest BCUT2D eigenvalue weighted by Gasteiger charge is -2.38. The molecule has 2 N–H and O–H groups in total. The molecule has 1 heterocycles. The summed E-state index contributed by atoms with van der Waals surface area (Å²) in [6.45, 7) is 10.2. The predicted molar refractivity (Wildman–Crippen MR) is 118 cm³/mol. The van der Waals surface area contributed by atoms with Crippen molar-refractivity contribution in [2.75, 3.05) is 19.6 Å². The van der Waals surface area contributed by atoms with Crippen molar-refractivity contribution in [2.24, 2.45) is 23.0 Å². The predicted octanol–water partition coefficient (Wildman–Crippen LogP) is 4.49. The Balaban J connectivity index is 0.00000392. The summed E-state index contributed by atoms with van der Waals surface area (Å²) in [6, 6.07) is 8.07. The molecule has 0 atom stereocenters. The largest absolute Gasteiger partial charge is 0.342 e. The Labute approximate surface area is 176 Å². The first-order valence-electron chi connectivity index (χ1n) is 10.5. The first-order chi connectivity index (χ1) is 12.9. The van der Waals surface area contributed by atoms with Crippen molar-refractivity contribution in [3.63, 3.8) is 0 Å². The Kier molecular flexibility index (Phi) is 9.65. The zero-order valence-electron chi connectivity index (χ0n) is 17.9. The summed E-state index contributed by atoms with van der Waals surface area (Å²) in [5.41, 5.74) is 7.56. The molecule has 2 rings (SSSR count). The lowest BCUT2D eigenvalue weighted by molar-refractivity contribution is -0.143. The molecule has 0 spiro atoms. The Morgan fingerprint density at radius 1 is 1.11 bits per heavy atom. The molecule has 1 aliphatic rings. The Hall–Kier alpha value is -1.39. The maximum Gasteiger partial charge on any atom is 0.230 e. The van der Waals surface area contributed by atoms with Gasteiger partial charge in [0.15, 0.2) is 5.78 Å². The van der Waals surface area contributed by atoms with Gasteiger partial charge in [0.1, 0.15) is 0 Å². The third-order valence-electron chi connectivity index (χ3n) is 6.23. The van der Waals surface area contributed by atoms with Gasteiger partial charge in [-0.15, -0.1) is 12.4 Å². The average Bonchev–Trinajstić information content (AvgIpc) is 2.69. The first-order valence-corrected chi connectivity index (χ1v) is 10.5. The van der Waals surface area contributed by atoms with Gasteiger partial charge in [-0.1, -0.05) is 52.0 Å². The summed E-state index contributed by atoms with van der Waals surface area (Å²) in [5.74, 6) is 1.01. The molecule has 1 fully saturated rings. The van der Waals surface area contributed by atoms with Crippen LogP contribution in [0.1, 0.15) is 69.3 Å². The smallest absolute Gasteiger partial charge is 0.230 e. The van der Waals surface area contributed by atoms with Crippen molar-refractivity contribution in [1.82, 2.24) is 4.90 Å². The first kappa shape index (κ1) is 24.6. The zero-order chi connectivity index (χ0) is 20.0. The van der Waals surface area contributed by atoms with Crippen LogP contribution in [0.4, 0.5) is 0 Å². The van der Waals surface area contributed by atoms with Crippen LogP contribution in [-0.2, 0) is 11.2 Å². The van der Waals surface area contributed by atoms with Gasteiger partial charge in [-0.3, -0.25) is 9.59 Å². The molecule has 158 valence electrons. The van der Waals surface area contributed by atoms with Crippen LogP contribution in [0.15, 0.2) is 24.3 Å².